The molecule has 1 atom stereocenters. The number of nitrogens with zero attached hydrogens (tertiary/aromatic N) is 2. The Balaban J connectivity index is 1.82. The first-order chi connectivity index (χ1) is 18.9. The molecule has 1 aliphatic rings. The van der Waals surface area contributed by atoms with Crippen LogP contribution in [0.2, 0.25) is 0 Å². The minimum absolute atomic E-state index is 0.0267. The largest absolute Gasteiger partial charge is 0.476 e. The molecule has 3 aromatic rings. The van der Waals surface area contributed by atoms with E-state index in [2.05, 4.69) is 15.1 Å². The van der Waals surface area contributed by atoms with Crippen LogP contribution in [0.15, 0.2) is 41.3 Å². The summed E-state index contributed by atoms with van der Waals surface area (Å²) in [6.45, 7) is 9.00. The van der Waals surface area contributed by atoms with Gasteiger partial charge in [-0.15, -0.1) is 0 Å². The Morgan fingerprint density at radius 1 is 1.12 bits per heavy atom. The molecular formula is C29H36N4O6S. The minimum atomic E-state index is -4.09. The number of amides is 1. The standard InChI is InChI=1S/C29H36N4O6S/c1-6-18(3)32-40(37,38)25-16-22(30-27(34)21-11-7-8-12-21)14-15-24(25)39-28-20(5)26(29(35)36)31-33(28)23-13-9-10-17(2)19(23)4/h9-10,13-16,18,21,32H,6-8,11-12H2,1-5H3,(H,30,34)(H,35,36)/t18-/m1/s1. The Labute approximate surface area is 234 Å². The van der Waals surface area contributed by atoms with E-state index < -0.39 is 16.0 Å². The zero-order valence-electron chi connectivity index (χ0n) is 23.4. The van der Waals surface area contributed by atoms with Crippen LogP contribution in [0.3, 0.4) is 0 Å². The molecule has 214 valence electrons. The van der Waals surface area contributed by atoms with Crippen molar-refractivity contribution < 1.29 is 27.9 Å². The van der Waals surface area contributed by atoms with Crippen molar-refractivity contribution in [2.24, 2.45) is 5.92 Å². The summed E-state index contributed by atoms with van der Waals surface area (Å²) in [6.07, 6.45) is 4.17. The van der Waals surface area contributed by atoms with Crippen molar-refractivity contribution in [2.75, 3.05) is 5.32 Å². The maximum Gasteiger partial charge on any atom is 0.356 e. The minimum Gasteiger partial charge on any atom is -0.476 e. The second kappa shape index (κ2) is 11.8. The molecule has 4 rings (SSSR count). The lowest BCUT2D eigenvalue weighted by Crippen LogP contribution is -2.32. The van der Waals surface area contributed by atoms with Gasteiger partial charge in [-0.1, -0.05) is 31.9 Å². The van der Waals surface area contributed by atoms with E-state index in [-0.39, 0.29) is 45.6 Å². The van der Waals surface area contributed by atoms with Crippen molar-refractivity contribution in [1.82, 2.24) is 14.5 Å². The average Bonchev–Trinajstić information content (AvgIpc) is 3.55. The number of rotatable bonds is 10. The summed E-state index contributed by atoms with van der Waals surface area (Å²) in [6, 6.07) is 9.61. The highest BCUT2D eigenvalue weighted by Crippen LogP contribution is 2.36. The molecular weight excluding hydrogens is 532 g/mol. The van der Waals surface area contributed by atoms with Gasteiger partial charge in [0.2, 0.25) is 21.8 Å². The van der Waals surface area contributed by atoms with E-state index >= 15 is 0 Å². The molecule has 0 aliphatic heterocycles. The zero-order valence-corrected chi connectivity index (χ0v) is 24.3. The van der Waals surface area contributed by atoms with Crippen LogP contribution in [-0.4, -0.2) is 41.2 Å². The number of aromatic nitrogens is 2. The number of hydrogen-bond donors (Lipinski definition) is 3. The number of ether oxygens (including phenoxy) is 1. The van der Waals surface area contributed by atoms with Crippen LogP contribution in [0.1, 0.15) is 73.1 Å². The third-order valence-electron chi connectivity index (χ3n) is 7.48. The SMILES string of the molecule is CC[C@@H](C)NS(=O)(=O)c1cc(NC(=O)C2CCCC2)ccc1Oc1c(C)c(C(=O)O)nn1-c1cccc(C)c1C. The summed E-state index contributed by atoms with van der Waals surface area (Å²) in [5.74, 6) is -1.42. The van der Waals surface area contributed by atoms with Crippen LogP contribution >= 0.6 is 0 Å². The highest BCUT2D eigenvalue weighted by molar-refractivity contribution is 7.89. The molecule has 3 N–H and O–H groups in total. The number of nitrogens with one attached hydrogen (secondary N) is 2. The van der Waals surface area contributed by atoms with Crippen LogP contribution in [0.5, 0.6) is 11.6 Å². The third kappa shape index (κ3) is 6.05. The number of aromatic carboxylic acids is 1. The van der Waals surface area contributed by atoms with Gasteiger partial charge in [0.15, 0.2) is 5.69 Å². The molecule has 1 fully saturated rings. The predicted molar refractivity (Wildman–Crippen MR) is 152 cm³/mol. The second-order valence-corrected chi connectivity index (χ2v) is 12.1. The van der Waals surface area contributed by atoms with Gasteiger partial charge in [0.05, 0.1) is 5.69 Å². The van der Waals surface area contributed by atoms with Crippen molar-refractivity contribution in [1.29, 1.82) is 0 Å². The summed E-state index contributed by atoms with van der Waals surface area (Å²) in [5, 5.41) is 16.9. The summed E-state index contributed by atoms with van der Waals surface area (Å²) >= 11 is 0. The van der Waals surface area contributed by atoms with Crippen LogP contribution in [0.4, 0.5) is 5.69 Å². The molecule has 1 heterocycles. The van der Waals surface area contributed by atoms with Crippen LogP contribution in [0.25, 0.3) is 5.69 Å². The van der Waals surface area contributed by atoms with E-state index in [1.54, 1.807) is 26.0 Å². The van der Waals surface area contributed by atoms with E-state index in [0.29, 0.717) is 17.8 Å². The summed E-state index contributed by atoms with van der Waals surface area (Å²) in [7, 11) is -4.09. The molecule has 0 bridgehead atoms. The molecule has 1 amide bonds. The van der Waals surface area contributed by atoms with E-state index in [9.17, 15) is 23.1 Å². The van der Waals surface area contributed by atoms with Gasteiger partial charge in [0.1, 0.15) is 10.6 Å². The van der Waals surface area contributed by atoms with Crippen molar-refractivity contribution in [3.8, 4) is 17.3 Å². The normalized spacial score (nSPS) is 14.7. The van der Waals surface area contributed by atoms with Gasteiger partial charge < -0.3 is 15.2 Å². The Morgan fingerprint density at radius 2 is 1.82 bits per heavy atom. The molecule has 11 heteroatoms. The molecule has 0 saturated heterocycles. The molecule has 1 aliphatic carbocycles. The van der Waals surface area contributed by atoms with E-state index in [1.165, 1.54) is 16.8 Å². The van der Waals surface area contributed by atoms with Crippen LogP contribution in [0, 0.1) is 26.7 Å². The number of benzene rings is 2. The van der Waals surface area contributed by atoms with Crippen molar-refractivity contribution >= 4 is 27.6 Å². The van der Waals surface area contributed by atoms with Gasteiger partial charge in [-0.3, -0.25) is 4.79 Å². The summed E-state index contributed by atoms with van der Waals surface area (Å²) in [5.41, 5.74) is 2.80. The average molecular weight is 569 g/mol. The number of aryl methyl sites for hydroxylation is 1. The number of carboxylic acids is 1. The highest BCUT2D eigenvalue weighted by atomic mass is 32.2. The van der Waals surface area contributed by atoms with Gasteiger partial charge in [0.25, 0.3) is 0 Å². The fourth-order valence-corrected chi connectivity index (χ4v) is 6.24. The van der Waals surface area contributed by atoms with Crippen molar-refractivity contribution in [3.05, 3.63) is 58.8 Å². The number of carbonyl (C=O) groups is 2. The number of carbonyl (C=O) groups excluding carboxylic acids is 1. The zero-order chi connectivity index (χ0) is 29.2. The maximum absolute atomic E-state index is 13.5. The highest BCUT2D eigenvalue weighted by Gasteiger charge is 2.28. The molecule has 2 aromatic carbocycles. The molecule has 1 saturated carbocycles. The van der Waals surface area contributed by atoms with Gasteiger partial charge in [-0.05, 0) is 82.3 Å². The first kappa shape index (κ1) is 29.3. The monoisotopic (exact) mass is 568 g/mol. The predicted octanol–water partition coefficient (Wildman–Crippen LogP) is 5.49. The Hall–Kier alpha value is -3.70. The topological polar surface area (TPSA) is 140 Å². The van der Waals surface area contributed by atoms with E-state index in [1.807, 2.05) is 32.9 Å². The number of anilines is 1. The van der Waals surface area contributed by atoms with Crippen LogP contribution in [-0.2, 0) is 14.8 Å². The summed E-state index contributed by atoms with van der Waals surface area (Å²) in [4.78, 5) is 24.6. The Bertz CT molecular complexity index is 1540. The number of carboxylic acid groups (broad SMARTS) is 1. The molecule has 10 nitrogen and oxygen atoms in total. The molecule has 0 radical (unpaired) electrons. The molecule has 0 spiro atoms. The fraction of sp³-hybridized carbons (Fsp3) is 0.414. The Morgan fingerprint density at radius 3 is 2.48 bits per heavy atom. The lowest BCUT2D eigenvalue weighted by Gasteiger charge is -2.18. The first-order valence-corrected chi connectivity index (χ1v) is 15.0. The van der Waals surface area contributed by atoms with Gasteiger partial charge >= 0.3 is 5.97 Å². The lowest BCUT2D eigenvalue weighted by molar-refractivity contribution is -0.119. The molecule has 1 aromatic heterocycles. The third-order valence-corrected chi connectivity index (χ3v) is 9.09. The van der Waals surface area contributed by atoms with Crippen molar-refractivity contribution in [3.63, 3.8) is 0 Å². The number of hydrogen-bond acceptors (Lipinski definition) is 6. The quantitative estimate of drug-likeness (QED) is 0.294. The molecule has 40 heavy (non-hydrogen) atoms. The van der Waals surface area contributed by atoms with E-state index in [4.69, 9.17) is 4.74 Å². The molecule has 0 unspecified atom stereocenters. The summed E-state index contributed by atoms with van der Waals surface area (Å²) < 4.78 is 37.3. The number of sulfonamides is 1. The van der Waals surface area contributed by atoms with Crippen LogP contribution < -0.4 is 14.8 Å². The fourth-order valence-electron chi connectivity index (χ4n) is 4.76. The first-order valence-electron chi connectivity index (χ1n) is 13.5. The lowest BCUT2D eigenvalue weighted by atomic mass is 10.1. The smallest absolute Gasteiger partial charge is 0.356 e. The Kier molecular flexibility index (Phi) is 8.65. The van der Waals surface area contributed by atoms with Gasteiger partial charge in [-0.25, -0.2) is 17.9 Å². The van der Waals surface area contributed by atoms with Gasteiger partial charge in [-0.2, -0.15) is 9.78 Å². The van der Waals surface area contributed by atoms with Gasteiger partial charge in [0, 0.05) is 23.2 Å². The van der Waals surface area contributed by atoms with E-state index in [0.717, 1.165) is 36.8 Å². The maximum atomic E-state index is 13.5. The van der Waals surface area contributed by atoms with Crippen molar-refractivity contribution in [2.45, 2.75) is 77.7 Å². The second-order valence-electron chi connectivity index (χ2n) is 10.4.